The zero-order chi connectivity index (χ0) is 14.4. The second kappa shape index (κ2) is 7.57. The van der Waals surface area contributed by atoms with Crippen LogP contribution in [0, 0.1) is 15.0 Å². The van der Waals surface area contributed by atoms with Crippen LogP contribution >= 0.6 is 46.0 Å². The molecule has 0 saturated carbocycles. The molecule has 0 aliphatic carbocycles. The molecule has 0 aliphatic rings. The average Bonchev–Trinajstić information content (AvgIpc) is 2.42. The van der Waals surface area contributed by atoms with E-state index in [1.807, 2.05) is 22.6 Å². The first kappa shape index (κ1) is 16.1. The lowest BCUT2D eigenvalue weighted by molar-refractivity contribution is 0.0601. The maximum absolute atomic E-state index is 11.5. The molecule has 19 heavy (non-hydrogen) atoms. The number of thioether (sulfide) groups is 1. The molecule has 0 spiro atoms. The van der Waals surface area contributed by atoms with Crippen molar-refractivity contribution >= 4 is 62.8 Å². The number of rotatable bonds is 2. The number of nitrogens with one attached hydrogen (secondary N) is 1. The Morgan fingerprint density at radius 1 is 1.63 bits per heavy atom. The van der Waals surface area contributed by atoms with E-state index >= 15 is 0 Å². The summed E-state index contributed by atoms with van der Waals surface area (Å²) in [7, 11) is 1.29. The molecular weight excluding hydrogens is 401 g/mol. The SMILES string of the molecule is COC(=O)c1ccc(N=C(NC#N)SC)c(I)c1Cl. The highest BCUT2D eigenvalue weighted by Gasteiger charge is 2.15. The number of hydrogen-bond acceptors (Lipinski definition) is 5. The normalized spacial score (nSPS) is 10.8. The molecule has 5 nitrogen and oxygen atoms in total. The molecule has 0 amide bonds. The van der Waals surface area contributed by atoms with Crippen LogP contribution < -0.4 is 5.32 Å². The molecule has 0 unspecified atom stereocenters. The van der Waals surface area contributed by atoms with E-state index in [-0.39, 0.29) is 10.6 Å². The Labute approximate surface area is 133 Å². The minimum absolute atomic E-state index is 0.283. The quantitative estimate of drug-likeness (QED) is 0.203. The molecule has 8 heteroatoms. The van der Waals surface area contributed by atoms with Gasteiger partial charge in [-0.2, -0.15) is 5.26 Å². The van der Waals surface area contributed by atoms with Gasteiger partial charge in [0.25, 0.3) is 0 Å². The molecule has 1 aromatic rings. The number of ether oxygens (including phenoxy) is 1. The Bertz CT molecular complexity index is 572. The lowest BCUT2D eigenvalue weighted by Crippen LogP contribution is -2.12. The number of methoxy groups -OCH3 is 1. The molecule has 0 heterocycles. The van der Waals surface area contributed by atoms with Crippen LogP contribution in [0.15, 0.2) is 17.1 Å². The van der Waals surface area contributed by atoms with E-state index in [0.717, 1.165) is 0 Å². The zero-order valence-corrected chi connectivity index (χ0v) is 13.8. The Hall–Kier alpha value is -0.980. The molecule has 0 aromatic heterocycles. The second-order valence-corrected chi connectivity index (χ2v) is 5.36. The fraction of sp³-hybridized carbons (Fsp3) is 0.182. The summed E-state index contributed by atoms with van der Waals surface area (Å²) in [5.74, 6) is -0.501. The van der Waals surface area contributed by atoms with Crippen molar-refractivity contribution in [2.75, 3.05) is 13.4 Å². The molecule has 1 rings (SSSR count). The van der Waals surface area contributed by atoms with Crippen molar-refractivity contribution in [1.29, 1.82) is 5.26 Å². The minimum atomic E-state index is -0.501. The smallest absolute Gasteiger partial charge is 0.339 e. The zero-order valence-electron chi connectivity index (χ0n) is 10.0. The number of amidine groups is 1. The van der Waals surface area contributed by atoms with Crippen LogP contribution in [0.1, 0.15) is 10.4 Å². The summed E-state index contributed by atoms with van der Waals surface area (Å²) in [6, 6.07) is 3.19. The highest BCUT2D eigenvalue weighted by Crippen LogP contribution is 2.32. The van der Waals surface area contributed by atoms with Crippen LogP contribution in [0.2, 0.25) is 5.02 Å². The van der Waals surface area contributed by atoms with Crippen molar-refractivity contribution in [2.45, 2.75) is 0 Å². The summed E-state index contributed by atoms with van der Waals surface area (Å²) in [5, 5.41) is 11.8. The number of halogens is 2. The van der Waals surface area contributed by atoms with Gasteiger partial charge in [-0.1, -0.05) is 23.4 Å². The summed E-state index contributed by atoms with van der Waals surface area (Å²) >= 11 is 9.39. The summed E-state index contributed by atoms with van der Waals surface area (Å²) in [6.07, 6.45) is 3.59. The van der Waals surface area contributed by atoms with Gasteiger partial charge in [-0.25, -0.2) is 9.79 Å². The van der Waals surface area contributed by atoms with Crippen LogP contribution in [0.4, 0.5) is 5.69 Å². The molecule has 1 N–H and O–H groups in total. The molecular formula is C11H9ClIN3O2S. The lowest BCUT2D eigenvalue weighted by Gasteiger charge is -2.07. The number of carbonyl (C=O) groups is 1. The van der Waals surface area contributed by atoms with Crippen molar-refractivity contribution in [3.8, 4) is 6.19 Å². The predicted octanol–water partition coefficient (Wildman–Crippen LogP) is 3.15. The third-order valence-corrected chi connectivity index (χ3v) is 4.43. The van der Waals surface area contributed by atoms with E-state index in [9.17, 15) is 4.79 Å². The van der Waals surface area contributed by atoms with Crippen molar-refractivity contribution in [3.05, 3.63) is 26.3 Å². The molecule has 1 aromatic carbocycles. The van der Waals surface area contributed by atoms with Crippen LogP contribution in [-0.4, -0.2) is 24.5 Å². The van der Waals surface area contributed by atoms with Gasteiger partial charge < -0.3 is 4.74 Å². The van der Waals surface area contributed by atoms with E-state index in [1.54, 1.807) is 24.6 Å². The Morgan fingerprint density at radius 2 is 2.32 bits per heavy atom. The fourth-order valence-electron chi connectivity index (χ4n) is 1.18. The van der Waals surface area contributed by atoms with E-state index in [2.05, 4.69) is 15.0 Å². The van der Waals surface area contributed by atoms with E-state index in [4.69, 9.17) is 16.9 Å². The third kappa shape index (κ3) is 3.99. The monoisotopic (exact) mass is 409 g/mol. The minimum Gasteiger partial charge on any atom is -0.465 e. The number of carbonyl (C=O) groups excluding carboxylic acids is 1. The third-order valence-electron chi connectivity index (χ3n) is 2.05. The Morgan fingerprint density at radius 3 is 2.84 bits per heavy atom. The van der Waals surface area contributed by atoms with Gasteiger partial charge in [0.2, 0.25) is 0 Å². The standard InChI is InChI=1S/C11H9ClIN3O2S/c1-18-10(17)6-3-4-7(9(13)8(6)12)16-11(19-2)15-5-14/h3-4H,1-2H3,(H,15,16). The van der Waals surface area contributed by atoms with E-state index < -0.39 is 5.97 Å². The molecule has 0 bridgehead atoms. The largest absolute Gasteiger partial charge is 0.465 e. The van der Waals surface area contributed by atoms with Gasteiger partial charge >= 0.3 is 5.97 Å². The number of nitrogens with zero attached hydrogens (tertiary/aromatic N) is 2. The summed E-state index contributed by atoms with van der Waals surface area (Å²) in [6.45, 7) is 0. The second-order valence-electron chi connectivity index (χ2n) is 3.11. The summed E-state index contributed by atoms with van der Waals surface area (Å²) in [5.41, 5.74) is 0.858. The van der Waals surface area contributed by atoms with Gasteiger partial charge in [0.1, 0.15) is 0 Å². The van der Waals surface area contributed by atoms with Gasteiger partial charge in [-0.05, 0) is 41.0 Å². The maximum atomic E-state index is 11.5. The fourth-order valence-corrected chi connectivity index (χ4v) is 2.34. The van der Waals surface area contributed by atoms with Gasteiger partial charge in [-0.3, -0.25) is 5.32 Å². The number of hydrogen-bond donors (Lipinski definition) is 1. The van der Waals surface area contributed by atoms with Crippen molar-refractivity contribution in [2.24, 2.45) is 4.99 Å². The highest BCUT2D eigenvalue weighted by atomic mass is 127. The lowest BCUT2D eigenvalue weighted by atomic mass is 10.2. The number of aliphatic imine (C=N–C) groups is 1. The van der Waals surface area contributed by atoms with Crippen molar-refractivity contribution < 1.29 is 9.53 Å². The maximum Gasteiger partial charge on any atom is 0.339 e. The average molecular weight is 410 g/mol. The van der Waals surface area contributed by atoms with Gasteiger partial charge in [0, 0.05) is 0 Å². The van der Waals surface area contributed by atoms with Crippen molar-refractivity contribution in [1.82, 2.24) is 5.32 Å². The van der Waals surface area contributed by atoms with Gasteiger partial charge in [0.15, 0.2) is 11.4 Å². The van der Waals surface area contributed by atoms with Gasteiger partial charge in [0.05, 0.1) is 27.0 Å². The molecule has 0 aliphatic heterocycles. The first-order valence-corrected chi connectivity index (χ1v) is 7.57. The number of benzene rings is 1. The first-order valence-electron chi connectivity index (χ1n) is 4.89. The summed E-state index contributed by atoms with van der Waals surface area (Å²) < 4.78 is 5.25. The van der Waals surface area contributed by atoms with Gasteiger partial charge in [-0.15, -0.1) is 0 Å². The molecule has 100 valence electrons. The predicted molar refractivity (Wildman–Crippen MR) is 84.9 cm³/mol. The molecule has 0 saturated heterocycles. The van der Waals surface area contributed by atoms with Crippen molar-refractivity contribution in [3.63, 3.8) is 0 Å². The molecule has 0 atom stereocenters. The Balaban J connectivity index is 3.24. The Kier molecular flexibility index (Phi) is 6.41. The molecule has 0 radical (unpaired) electrons. The van der Waals surface area contributed by atoms with E-state index in [1.165, 1.54) is 18.9 Å². The van der Waals surface area contributed by atoms with Crippen LogP contribution in [0.3, 0.4) is 0 Å². The van der Waals surface area contributed by atoms with E-state index in [0.29, 0.717) is 14.4 Å². The first-order chi connectivity index (χ1) is 9.04. The van der Waals surface area contributed by atoms with Crippen LogP contribution in [-0.2, 0) is 4.74 Å². The van der Waals surface area contributed by atoms with Crippen LogP contribution in [0.25, 0.3) is 0 Å². The highest BCUT2D eigenvalue weighted by molar-refractivity contribution is 14.1. The number of nitriles is 1. The molecule has 0 fully saturated rings. The van der Waals surface area contributed by atoms with Crippen LogP contribution in [0.5, 0.6) is 0 Å². The topological polar surface area (TPSA) is 74.5 Å². The summed E-state index contributed by atoms with van der Waals surface area (Å²) in [4.78, 5) is 15.7. The number of esters is 1.